The van der Waals surface area contributed by atoms with E-state index in [1.54, 1.807) is 17.0 Å². The Morgan fingerprint density at radius 3 is 2.40 bits per heavy atom. The van der Waals surface area contributed by atoms with Crippen LogP contribution in [0.25, 0.3) is 0 Å². The summed E-state index contributed by atoms with van der Waals surface area (Å²) in [5, 5.41) is 8.95. The van der Waals surface area contributed by atoms with Gasteiger partial charge in [-0.2, -0.15) is 0 Å². The Morgan fingerprint density at radius 2 is 1.74 bits per heavy atom. The van der Waals surface area contributed by atoms with Crippen molar-refractivity contribution in [3.8, 4) is 5.75 Å². The third-order valence-corrected chi connectivity index (χ3v) is 6.07. The summed E-state index contributed by atoms with van der Waals surface area (Å²) in [6.45, 7) is 5.73. The third kappa shape index (κ3) is 7.10. The number of rotatable bonds is 8. The van der Waals surface area contributed by atoms with Gasteiger partial charge in [0.05, 0.1) is 5.56 Å². The van der Waals surface area contributed by atoms with Gasteiger partial charge in [0.1, 0.15) is 5.75 Å². The van der Waals surface area contributed by atoms with E-state index in [1.165, 1.54) is 6.20 Å². The quantitative estimate of drug-likeness (QED) is 0.530. The maximum absolute atomic E-state index is 12.6. The third-order valence-electron chi connectivity index (χ3n) is 6.07. The van der Waals surface area contributed by atoms with E-state index in [0.29, 0.717) is 18.8 Å². The van der Waals surface area contributed by atoms with Crippen LogP contribution in [0.15, 0.2) is 60.8 Å². The molecule has 3 aromatic rings. The molecule has 0 atom stereocenters. The normalized spacial score (nSPS) is 14.0. The average Bonchev–Trinajstić information content (AvgIpc) is 2.86. The molecule has 0 radical (unpaired) electrons. The molecule has 1 N–H and O–H groups in total. The van der Waals surface area contributed by atoms with Crippen LogP contribution in [0.2, 0.25) is 0 Å². The Labute approximate surface area is 205 Å². The summed E-state index contributed by atoms with van der Waals surface area (Å²) in [5.74, 6) is -0.423. The highest BCUT2D eigenvalue weighted by Crippen LogP contribution is 2.17. The summed E-state index contributed by atoms with van der Waals surface area (Å²) in [5.41, 5.74) is 4.22. The first-order chi connectivity index (χ1) is 17.0. The zero-order chi connectivity index (χ0) is 24.6. The minimum Gasteiger partial charge on any atom is -0.478 e. The summed E-state index contributed by atoms with van der Waals surface area (Å²) in [7, 11) is 0. The highest BCUT2D eigenvalue weighted by Gasteiger charge is 2.22. The van der Waals surface area contributed by atoms with E-state index < -0.39 is 5.97 Å². The van der Waals surface area contributed by atoms with Gasteiger partial charge in [0.25, 0.3) is 0 Å². The molecule has 0 aliphatic carbocycles. The molecule has 8 nitrogen and oxygen atoms in total. The van der Waals surface area contributed by atoms with Crippen molar-refractivity contribution in [2.45, 2.75) is 26.2 Å². The summed E-state index contributed by atoms with van der Waals surface area (Å²) in [6, 6.07) is 16.9. The van der Waals surface area contributed by atoms with Crippen molar-refractivity contribution in [2.24, 2.45) is 0 Å². The molecule has 35 heavy (non-hydrogen) atoms. The number of ether oxygens (including phenoxy) is 1. The van der Waals surface area contributed by atoms with Gasteiger partial charge < -0.3 is 14.7 Å². The minimum atomic E-state index is -0.965. The van der Waals surface area contributed by atoms with E-state index in [1.807, 2.05) is 49.4 Å². The first kappa shape index (κ1) is 24.3. The molecule has 1 amide bonds. The molecular weight excluding hydrogens is 444 g/mol. The van der Waals surface area contributed by atoms with Crippen LogP contribution in [-0.4, -0.2) is 69.7 Å². The van der Waals surface area contributed by atoms with Crippen molar-refractivity contribution in [3.63, 3.8) is 0 Å². The maximum Gasteiger partial charge on any atom is 0.415 e. The van der Waals surface area contributed by atoms with Crippen LogP contribution in [0.4, 0.5) is 4.79 Å². The molecule has 1 fully saturated rings. The van der Waals surface area contributed by atoms with E-state index in [4.69, 9.17) is 9.84 Å². The fourth-order valence-electron chi connectivity index (χ4n) is 4.08. The predicted molar refractivity (Wildman–Crippen MR) is 132 cm³/mol. The number of carbonyl (C=O) groups is 2. The number of carboxylic acid groups (broad SMARTS) is 1. The summed E-state index contributed by atoms with van der Waals surface area (Å²) in [4.78, 5) is 36.3. The number of piperazine rings is 1. The Bertz CT molecular complexity index is 1140. The standard InChI is InChI=1S/C27H30N4O4/c1-20-4-2-5-24(29-20)18-21-7-11-25(12-8-21)35-27(34)31-16-14-30(15-17-31)13-3-6-23-10-9-22(19-28-23)26(32)33/h2,4-5,7-12,19H,3,6,13-18H2,1H3,(H,32,33). The van der Waals surface area contributed by atoms with Gasteiger partial charge in [-0.1, -0.05) is 18.2 Å². The van der Waals surface area contributed by atoms with Gasteiger partial charge in [0, 0.05) is 55.9 Å². The molecule has 2 aromatic heterocycles. The fraction of sp³-hybridized carbons (Fsp3) is 0.333. The van der Waals surface area contributed by atoms with Crippen LogP contribution in [0.3, 0.4) is 0 Å². The first-order valence-corrected chi connectivity index (χ1v) is 11.8. The summed E-state index contributed by atoms with van der Waals surface area (Å²) < 4.78 is 5.58. The Balaban J connectivity index is 1.17. The number of pyridine rings is 2. The fourth-order valence-corrected chi connectivity index (χ4v) is 4.08. The van der Waals surface area contributed by atoms with Gasteiger partial charge in [-0.25, -0.2) is 9.59 Å². The van der Waals surface area contributed by atoms with Crippen LogP contribution in [0.5, 0.6) is 5.75 Å². The molecule has 8 heteroatoms. The molecule has 0 saturated carbocycles. The lowest BCUT2D eigenvalue weighted by molar-refractivity contribution is 0.0696. The van der Waals surface area contributed by atoms with E-state index in [0.717, 1.165) is 61.5 Å². The SMILES string of the molecule is Cc1cccc(Cc2ccc(OC(=O)N3CCN(CCCc4ccc(C(=O)O)cn4)CC3)cc2)n1. The summed E-state index contributed by atoms with van der Waals surface area (Å²) in [6.07, 6.45) is 3.53. The zero-order valence-corrected chi connectivity index (χ0v) is 19.9. The van der Waals surface area contributed by atoms with Crippen molar-refractivity contribution in [3.05, 3.63) is 89.0 Å². The number of hydrogen-bond acceptors (Lipinski definition) is 6. The lowest BCUT2D eigenvalue weighted by atomic mass is 10.1. The number of carboxylic acids is 1. The molecule has 4 rings (SSSR count). The Hall–Kier alpha value is -3.78. The lowest BCUT2D eigenvalue weighted by Crippen LogP contribution is -2.49. The molecular formula is C27H30N4O4. The van der Waals surface area contributed by atoms with Crippen LogP contribution < -0.4 is 4.74 Å². The second-order valence-corrected chi connectivity index (χ2v) is 8.73. The van der Waals surface area contributed by atoms with Gasteiger partial charge in [-0.3, -0.25) is 14.9 Å². The molecule has 3 heterocycles. The highest BCUT2D eigenvalue weighted by molar-refractivity contribution is 5.87. The predicted octanol–water partition coefficient (Wildman–Crippen LogP) is 3.82. The van der Waals surface area contributed by atoms with Crippen LogP contribution >= 0.6 is 0 Å². The van der Waals surface area contributed by atoms with E-state index in [2.05, 4.69) is 14.9 Å². The van der Waals surface area contributed by atoms with E-state index in [9.17, 15) is 9.59 Å². The van der Waals surface area contributed by atoms with Crippen molar-refractivity contribution in [2.75, 3.05) is 32.7 Å². The maximum atomic E-state index is 12.6. The average molecular weight is 475 g/mol. The number of nitrogens with zero attached hydrogens (tertiary/aromatic N) is 4. The van der Waals surface area contributed by atoms with Crippen LogP contribution in [0, 0.1) is 6.92 Å². The molecule has 0 bridgehead atoms. The van der Waals surface area contributed by atoms with E-state index in [-0.39, 0.29) is 11.7 Å². The largest absolute Gasteiger partial charge is 0.478 e. The number of aromatic carboxylic acids is 1. The smallest absolute Gasteiger partial charge is 0.415 e. The topological polar surface area (TPSA) is 95.9 Å². The van der Waals surface area contributed by atoms with E-state index >= 15 is 0 Å². The molecule has 1 aliphatic rings. The monoisotopic (exact) mass is 474 g/mol. The van der Waals surface area contributed by atoms with Crippen LogP contribution in [-0.2, 0) is 12.8 Å². The molecule has 0 spiro atoms. The minimum absolute atomic E-state index is 0.201. The summed E-state index contributed by atoms with van der Waals surface area (Å²) >= 11 is 0. The molecule has 0 unspecified atom stereocenters. The van der Waals surface area contributed by atoms with Gasteiger partial charge in [0.2, 0.25) is 0 Å². The number of benzene rings is 1. The number of aromatic nitrogens is 2. The number of hydrogen-bond donors (Lipinski definition) is 1. The Morgan fingerprint density at radius 1 is 0.971 bits per heavy atom. The lowest BCUT2D eigenvalue weighted by Gasteiger charge is -2.34. The van der Waals surface area contributed by atoms with Gasteiger partial charge in [0.15, 0.2) is 0 Å². The van der Waals surface area contributed by atoms with Gasteiger partial charge in [-0.15, -0.1) is 0 Å². The molecule has 1 saturated heterocycles. The van der Waals surface area contributed by atoms with Crippen molar-refractivity contribution in [1.82, 2.24) is 19.8 Å². The van der Waals surface area contributed by atoms with Gasteiger partial charge in [-0.05, 0) is 68.3 Å². The van der Waals surface area contributed by atoms with Gasteiger partial charge >= 0.3 is 12.1 Å². The van der Waals surface area contributed by atoms with Crippen molar-refractivity contribution in [1.29, 1.82) is 0 Å². The van der Waals surface area contributed by atoms with Crippen molar-refractivity contribution < 1.29 is 19.4 Å². The number of amides is 1. The molecule has 1 aromatic carbocycles. The van der Waals surface area contributed by atoms with Crippen LogP contribution in [0.1, 0.15) is 39.4 Å². The zero-order valence-electron chi connectivity index (χ0n) is 19.9. The second-order valence-electron chi connectivity index (χ2n) is 8.73. The second kappa shape index (κ2) is 11.6. The highest BCUT2D eigenvalue weighted by atomic mass is 16.6. The number of aryl methyl sites for hydroxylation is 2. The molecule has 1 aliphatic heterocycles. The molecule has 182 valence electrons. The van der Waals surface area contributed by atoms with Crippen molar-refractivity contribution >= 4 is 12.1 Å². The number of carbonyl (C=O) groups excluding carboxylic acids is 1. The Kier molecular flexibility index (Phi) is 8.05. The first-order valence-electron chi connectivity index (χ1n) is 11.8.